The Hall–Kier alpha value is -0.0100. The van der Waals surface area contributed by atoms with Gasteiger partial charge in [0.05, 0.1) is 0 Å². The molecule has 0 radical (unpaired) electrons. The first-order valence-corrected chi connectivity index (χ1v) is 5.96. The molecule has 0 saturated heterocycles. The molecule has 0 aromatic heterocycles. The van der Waals surface area contributed by atoms with Gasteiger partial charge in [-0.3, -0.25) is 0 Å². The van der Waals surface area contributed by atoms with Crippen molar-refractivity contribution in [1.82, 2.24) is 10.1 Å². The van der Waals surface area contributed by atoms with Crippen LogP contribution < -0.4 is 0 Å². The Labute approximate surface area is 88.7 Å². The molecule has 14 heavy (non-hydrogen) atoms. The van der Waals surface area contributed by atoms with E-state index in [1.54, 1.807) is 10.1 Å². The van der Waals surface area contributed by atoms with Gasteiger partial charge >= 0.3 is 11.4 Å². The third-order valence-corrected chi connectivity index (χ3v) is 2.41. The molecule has 0 aromatic rings. The fourth-order valence-corrected chi connectivity index (χ4v) is 1.64. The van der Waals surface area contributed by atoms with E-state index in [1.807, 2.05) is 27.7 Å². The van der Waals surface area contributed by atoms with Gasteiger partial charge in [-0.25, -0.2) is 0 Å². The third kappa shape index (κ3) is 5.66. The molecule has 0 rings (SSSR count). The van der Waals surface area contributed by atoms with E-state index in [4.69, 9.17) is 8.57 Å². The molecule has 0 atom stereocenters. The molecule has 0 fully saturated rings. The molecule has 0 amide bonds. The Morgan fingerprint density at radius 2 is 1.14 bits per heavy atom. The molecule has 86 valence electrons. The fourth-order valence-electron chi connectivity index (χ4n) is 0.844. The smallest absolute Gasteiger partial charge is 0.194 e. The molecule has 5 nitrogen and oxygen atoms in total. The van der Waals surface area contributed by atoms with Crippen LogP contribution in [0.2, 0.25) is 0 Å². The van der Waals surface area contributed by atoms with Crippen molar-refractivity contribution in [2.75, 3.05) is 26.2 Å². The standard InChI is InChI=1S/C8H20N2O3S/c1-5-9(6-2)12-14(11)13-10(7-3)8-4/h5-8H2,1-4H3. The van der Waals surface area contributed by atoms with E-state index in [0.717, 1.165) is 0 Å². The molecule has 0 unspecified atom stereocenters. The Balaban J connectivity index is 3.83. The topological polar surface area (TPSA) is 42.0 Å². The maximum absolute atomic E-state index is 11.3. The highest BCUT2D eigenvalue weighted by Crippen LogP contribution is 1.99. The van der Waals surface area contributed by atoms with Crippen LogP contribution in [-0.4, -0.2) is 40.5 Å². The predicted molar refractivity (Wildman–Crippen MR) is 56.2 cm³/mol. The molecular formula is C8H20N2O3S. The lowest BCUT2D eigenvalue weighted by Gasteiger charge is -2.19. The van der Waals surface area contributed by atoms with Crippen molar-refractivity contribution in [1.29, 1.82) is 0 Å². The largest absolute Gasteiger partial charge is 0.340 e. The van der Waals surface area contributed by atoms with Crippen LogP contribution in [0.15, 0.2) is 0 Å². The maximum atomic E-state index is 11.3. The summed E-state index contributed by atoms with van der Waals surface area (Å²) >= 11 is -1.73. The SMILES string of the molecule is CCN(CC)OS(=O)ON(CC)CC. The zero-order valence-corrected chi connectivity index (χ0v) is 10.2. The van der Waals surface area contributed by atoms with Crippen LogP contribution >= 0.6 is 0 Å². The molecule has 0 saturated carbocycles. The Morgan fingerprint density at radius 1 is 0.857 bits per heavy atom. The number of hydrogen-bond acceptors (Lipinski definition) is 5. The van der Waals surface area contributed by atoms with Gasteiger partial charge in [0, 0.05) is 26.2 Å². The Morgan fingerprint density at radius 3 is 1.36 bits per heavy atom. The van der Waals surface area contributed by atoms with Crippen LogP contribution in [0, 0.1) is 0 Å². The summed E-state index contributed by atoms with van der Waals surface area (Å²) in [5, 5.41) is 3.17. The summed E-state index contributed by atoms with van der Waals surface area (Å²) in [6.45, 7) is 10.5. The second-order valence-corrected chi connectivity index (χ2v) is 3.29. The molecule has 0 aliphatic rings. The second-order valence-electron chi connectivity index (χ2n) is 2.58. The molecule has 0 aliphatic carbocycles. The van der Waals surface area contributed by atoms with E-state index in [0.29, 0.717) is 26.2 Å². The summed E-state index contributed by atoms with van der Waals surface area (Å²) in [6.07, 6.45) is 0. The Bertz CT molecular complexity index is 145. The summed E-state index contributed by atoms with van der Waals surface area (Å²) in [7, 11) is 0. The zero-order valence-electron chi connectivity index (χ0n) is 9.36. The van der Waals surface area contributed by atoms with Crippen molar-refractivity contribution in [2.24, 2.45) is 0 Å². The summed E-state index contributed by atoms with van der Waals surface area (Å²) in [5.41, 5.74) is 0. The highest BCUT2D eigenvalue weighted by atomic mass is 32.2. The van der Waals surface area contributed by atoms with Gasteiger partial charge in [0.1, 0.15) is 0 Å². The summed E-state index contributed by atoms with van der Waals surface area (Å²) in [5.74, 6) is 0. The summed E-state index contributed by atoms with van der Waals surface area (Å²) in [4.78, 5) is 0. The first-order valence-electron chi connectivity index (χ1n) is 4.96. The van der Waals surface area contributed by atoms with E-state index < -0.39 is 11.4 Å². The second kappa shape index (κ2) is 8.31. The van der Waals surface area contributed by atoms with Crippen molar-refractivity contribution >= 4 is 11.4 Å². The summed E-state index contributed by atoms with van der Waals surface area (Å²) in [6, 6.07) is 0. The van der Waals surface area contributed by atoms with Crippen LogP contribution in [0.3, 0.4) is 0 Å². The first-order chi connectivity index (χ1) is 6.67. The van der Waals surface area contributed by atoms with Crippen LogP contribution in [0.25, 0.3) is 0 Å². The van der Waals surface area contributed by atoms with Crippen molar-refractivity contribution in [3.63, 3.8) is 0 Å². The van der Waals surface area contributed by atoms with Gasteiger partial charge in [-0.2, -0.15) is 22.9 Å². The van der Waals surface area contributed by atoms with E-state index in [2.05, 4.69) is 0 Å². The zero-order chi connectivity index (χ0) is 11.0. The lowest BCUT2D eigenvalue weighted by Crippen LogP contribution is -2.30. The van der Waals surface area contributed by atoms with Gasteiger partial charge in [-0.15, -0.1) is 0 Å². The molecule has 6 heteroatoms. The molecular weight excluding hydrogens is 204 g/mol. The van der Waals surface area contributed by atoms with Crippen LogP contribution in [0.1, 0.15) is 27.7 Å². The number of hydroxylamine groups is 4. The van der Waals surface area contributed by atoms with Crippen molar-refractivity contribution in [3.8, 4) is 0 Å². The third-order valence-electron chi connectivity index (χ3n) is 1.74. The highest BCUT2D eigenvalue weighted by Gasteiger charge is 2.11. The van der Waals surface area contributed by atoms with E-state index in [9.17, 15) is 4.21 Å². The molecule has 0 N–H and O–H groups in total. The summed E-state index contributed by atoms with van der Waals surface area (Å²) < 4.78 is 21.3. The minimum Gasteiger partial charge on any atom is -0.194 e. The molecule has 0 heterocycles. The molecule has 0 spiro atoms. The van der Waals surface area contributed by atoms with Gasteiger partial charge < -0.3 is 0 Å². The highest BCUT2D eigenvalue weighted by molar-refractivity contribution is 7.75. The van der Waals surface area contributed by atoms with Gasteiger partial charge in [0.25, 0.3) is 0 Å². The van der Waals surface area contributed by atoms with Crippen LogP contribution in [0.4, 0.5) is 0 Å². The predicted octanol–water partition coefficient (Wildman–Crippen LogP) is 1.11. The normalized spacial score (nSPS) is 11.9. The lowest BCUT2D eigenvalue weighted by molar-refractivity contribution is -0.0947. The van der Waals surface area contributed by atoms with Crippen molar-refractivity contribution in [2.45, 2.75) is 27.7 Å². The number of hydrogen-bond donors (Lipinski definition) is 0. The van der Waals surface area contributed by atoms with Gasteiger partial charge in [0.15, 0.2) is 0 Å². The van der Waals surface area contributed by atoms with Crippen LogP contribution in [-0.2, 0) is 19.9 Å². The lowest BCUT2D eigenvalue weighted by atomic mass is 10.6. The van der Waals surface area contributed by atoms with E-state index >= 15 is 0 Å². The first kappa shape index (κ1) is 14.0. The minimum absolute atomic E-state index is 0.684. The van der Waals surface area contributed by atoms with Crippen LogP contribution in [0.5, 0.6) is 0 Å². The molecule has 0 aromatic carbocycles. The van der Waals surface area contributed by atoms with E-state index in [1.165, 1.54) is 0 Å². The van der Waals surface area contributed by atoms with Gasteiger partial charge in [-0.05, 0) is 0 Å². The molecule has 0 aliphatic heterocycles. The van der Waals surface area contributed by atoms with Gasteiger partial charge in [-0.1, -0.05) is 27.7 Å². The quantitative estimate of drug-likeness (QED) is 0.578. The van der Waals surface area contributed by atoms with Crippen molar-refractivity contribution < 1.29 is 12.8 Å². The fraction of sp³-hybridized carbons (Fsp3) is 1.00. The Kier molecular flexibility index (Phi) is 8.30. The molecule has 0 bridgehead atoms. The van der Waals surface area contributed by atoms with E-state index in [-0.39, 0.29) is 0 Å². The maximum Gasteiger partial charge on any atom is 0.340 e. The number of nitrogens with zero attached hydrogens (tertiary/aromatic N) is 2. The average molecular weight is 224 g/mol. The monoisotopic (exact) mass is 224 g/mol. The average Bonchev–Trinajstić information content (AvgIpc) is 2.22. The van der Waals surface area contributed by atoms with Crippen molar-refractivity contribution in [3.05, 3.63) is 0 Å². The number of rotatable bonds is 8. The minimum atomic E-state index is -1.73. The van der Waals surface area contributed by atoms with Gasteiger partial charge in [0.2, 0.25) is 0 Å².